The van der Waals surface area contributed by atoms with Crippen molar-refractivity contribution in [3.8, 4) is 0 Å². The molecular weight excluding hydrogens is 256 g/mol. The molecule has 5 heteroatoms. The molecule has 1 fully saturated rings. The Morgan fingerprint density at radius 1 is 1.45 bits per heavy atom. The lowest BCUT2D eigenvalue weighted by molar-refractivity contribution is 0.0697. The van der Waals surface area contributed by atoms with Gasteiger partial charge in [0.25, 0.3) is 0 Å². The van der Waals surface area contributed by atoms with Crippen molar-refractivity contribution < 1.29 is 14.3 Å². The molecule has 0 unspecified atom stereocenters. The van der Waals surface area contributed by atoms with Crippen molar-refractivity contribution in [1.29, 1.82) is 0 Å². The zero-order valence-electron chi connectivity index (χ0n) is 11.2. The zero-order chi connectivity index (χ0) is 14.1. The molecule has 0 amide bonds. The number of aromatic carboxylic acids is 1. The van der Waals surface area contributed by atoms with Crippen LogP contribution in [0.5, 0.6) is 0 Å². The van der Waals surface area contributed by atoms with Gasteiger partial charge in [-0.1, -0.05) is 0 Å². The van der Waals surface area contributed by atoms with Crippen LogP contribution in [0.3, 0.4) is 0 Å². The Kier molecular flexibility index (Phi) is 3.18. The number of nitrogens with zero attached hydrogens (tertiary/aromatic N) is 2. The van der Waals surface area contributed by atoms with E-state index in [-0.39, 0.29) is 5.56 Å². The minimum absolute atomic E-state index is 0.244. The maximum absolute atomic E-state index is 11.4. The van der Waals surface area contributed by atoms with Crippen LogP contribution in [-0.4, -0.2) is 22.1 Å². The van der Waals surface area contributed by atoms with Crippen molar-refractivity contribution in [1.82, 2.24) is 4.98 Å². The molecule has 2 aromatic rings. The van der Waals surface area contributed by atoms with Crippen molar-refractivity contribution in [2.75, 3.05) is 4.90 Å². The van der Waals surface area contributed by atoms with Crippen molar-refractivity contribution in [2.24, 2.45) is 0 Å². The molecule has 1 N–H and O–H groups in total. The predicted molar refractivity (Wildman–Crippen MR) is 73.8 cm³/mol. The second-order valence-electron chi connectivity index (χ2n) is 5.07. The Bertz CT molecular complexity index is 618. The second-order valence-corrected chi connectivity index (χ2v) is 5.07. The maximum Gasteiger partial charge on any atom is 0.339 e. The highest BCUT2D eigenvalue weighted by Crippen LogP contribution is 2.34. The molecule has 104 valence electrons. The van der Waals surface area contributed by atoms with E-state index in [9.17, 15) is 9.90 Å². The molecule has 3 rings (SSSR count). The number of carboxylic acid groups (broad SMARTS) is 1. The first-order valence-corrected chi connectivity index (χ1v) is 6.65. The minimum Gasteiger partial charge on any atom is -0.478 e. The Morgan fingerprint density at radius 3 is 2.85 bits per heavy atom. The number of carboxylic acids is 1. The topological polar surface area (TPSA) is 66.6 Å². The third kappa shape index (κ3) is 2.52. The van der Waals surface area contributed by atoms with E-state index in [0.29, 0.717) is 18.4 Å². The molecule has 5 nitrogen and oxygen atoms in total. The van der Waals surface area contributed by atoms with E-state index in [1.54, 1.807) is 18.4 Å². The summed E-state index contributed by atoms with van der Waals surface area (Å²) in [6.45, 7) is 2.42. The van der Waals surface area contributed by atoms with E-state index in [4.69, 9.17) is 4.42 Å². The fraction of sp³-hybridized carbons (Fsp3) is 0.333. The summed E-state index contributed by atoms with van der Waals surface area (Å²) in [5.74, 6) is 0.408. The quantitative estimate of drug-likeness (QED) is 0.906. The second kappa shape index (κ2) is 5.00. The Balaban J connectivity index is 1.98. The van der Waals surface area contributed by atoms with Gasteiger partial charge in [0, 0.05) is 11.7 Å². The summed E-state index contributed by atoms with van der Waals surface area (Å²) in [5, 5.41) is 9.34. The van der Waals surface area contributed by atoms with Gasteiger partial charge in [-0.15, -0.1) is 0 Å². The number of aryl methyl sites for hydroxylation is 1. The van der Waals surface area contributed by atoms with Crippen molar-refractivity contribution in [2.45, 2.75) is 32.4 Å². The zero-order valence-corrected chi connectivity index (χ0v) is 11.2. The molecule has 0 aromatic carbocycles. The fourth-order valence-corrected chi connectivity index (χ4v) is 2.26. The molecule has 0 atom stereocenters. The van der Waals surface area contributed by atoms with E-state index in [2.05, 4.69) is 4.98 Å². The molecule has 2 heterocycles. The monoisotopic (exact) mass is 272 g/mol. The number of pyridine rings is 1. The van der Waals surface area contributed by atoms with E-state index in [1.165, 1.54) is 0 Å². The Labute approximate surface area is 116 Å². The number of hydrogen-bond donors (Lipinski definition) is 1. The first-order valence-electron chi connectivity index (χ1n) is 6.65. The Hall–Kier alpha value is -2.30. The standard InChI is InChI=1S/C15H16N2O3/c1-10-4-7-13(15(18)19)14(16-10)17(11-5-6-11)9-12-3-2-8-20-12/h2-4,7-8,11H,5-6,9H2,1H3,(H,18,19). The van der Waals surface area contributed by atoms with Crippen LogP contribution in [0.1, 0.15) is 34.7 Å². The summed E-state index contributed by atoms with van der Waals surface area (Å²) < 4.78 is 5.38. The molecule has 0 aliphatic heterocycles. The highest BCUT2D eigenvalue weighted by atomic mass is 16.4. The lowest BCUT2D eigenvalue weighted by atomic mass is 10.2. The van der Waals surface area contributed by atoms with Crippen LogP contribution >= 0.6 is 0 Å². The molecule has 1 saturated carbocycles. The summed E-state index contributed by atoms with van der Waals surface area (Å²) in [5.41, 5.74) is 1.06. The van der Waals surface area contributed by atoms with Crippen molar-refractivity contribution in [3.63, 3.8) is 0 Å². The van der Waals surface area contributed by atoms with Crippen LogP contribution in [0.4, 0.5) is 5.82 Å². The van der Waals surface area contributed by atoms with Gasteiger partial charge in [0.1, 0.15) is 17.1 Å². The summed E-state index contributed by atoms with van der Waals surface area (Å²) in [6.07, 6.45) is 3.76. The Morgan fingerprint density at radius 2 is 2.25 bits per heavy atom. The summed E-state index contributed by atoms with van der Waals surface area (Å²) >= 11 is 0. The number of carbonyl (C=O) groups is 1. The largest absolute Gasteiger partial charge is 0.478 e. The van der Waals surface area contributed by atoms with E-state index in [1.807, 2.05) is 24.0 Å². The maximum atomic E-state index is 11.4. The highest BCUT2D eigenvalue weighted by Gasteiger charge is 2.33. The van der Waals surface area contributed by atoms with Gasteiger partial charge in [-0.3, -0.25) is 0 Å². The van der Waals surface area contributed by atoms with Crippen LogP contribution in [0.15, 0.2) is 34.9 Å². The molecule has 2 aromatic heterocycles. The van der Waals surface area contributed by atoms with Crippen molar-refractivity contribution >= 4 is 11.8 Å². The van der Waals surface area contributed by atoms with Crippen LogP contribution in [0, 0.1) is 6.92 Å². The van der Waals surface area contributed by atoms with Crippen LogP contribution in [0.2, 0.25) is 0 Å². The van der Waals surface area contributed by atoms with E-state index >= 15 is 0 Å². The molecule has 1 aliphatic carbocycles. The van der Waals surface area contributed by atoms with E-state index < -0.39 is 5.97 Å². The first-order chi connectivity index (χ1) is 9.65. The van der Waals surface area contributed by atoms with Crippen LogP contribution in [-0.2, 0) is 6.54 Å². The van der Waals surface area contributed by atoms with Gasteiger partial charge in [0.2, 0.25) is 0 Å². The molecule has 0 saturated heterocycles. The average molecular weight is 272 g/mol. The molecule has 0 bridgehead atoms. The SMILES string of the molecule is Cc1ccc(C(=O)O)c(N(Cc2ccco2)C2CC2)n1. The normalized spacial score (nSPS) is 14.2. The van der Waals surface area contributed by atoms with Gasteiger partial charge >= 0.3 is 5.97 Å². The molecule has 0 radical (unpaired) electrons. The summed E-state index contributed by atoms with van der Waals surface area (Å²) in [7, 11) is 0. The van der Waals surface area contributed by atoms with Gasteiger partial charge < -0.3 is 14.4 Å². The first kappa shape index (κ1) is 12.7. The molecule has 0 spiro atoms. The molecule has 20 heavy (non-hydrogen) atoms. The number of furan rings is 1. The third-order valence-electron chi connectivity index (χ3n) is 3.41. The minimum atomic E-state index is -0.947. The van der Waals surface area contributed by atoms with Crippen LogP contribution in [0.25, 0.3) is 0 Å². The third-order valence-corrected chi connectivity index (χ3v) is 3.41. The highest BCUT2D eigenvalue weighted by molar-refractivity contribution is 5.93. The predicted octanol–water partition coefficient (Wildman–Crippen LogP) is 2.85. The van der Waals surface area contributed by atoms with Crippen LogP contribution < -0.4 is 4.90 Å². The summed E-state index contributed by atoms with van der Waals surface area (Å²) in [4.78, 5) is 17.9. The summed E-state index contributed by atoms with van der Waals surface area (Å²) in [6, 6.07) is 7.43. The number of aromatic nitrogens is 1. The lowest BCUT2D eigenvalue weighted by Crippen LogP contribution is -2.28. The van der Waals surface area contributed by atoms with Gasteiger partial charge in [0.15, 0.2) is 0 Å². The number of anilines is 1. The average Bonchev–Trinajstić information content (AvgIpc) is 3.12. The number of rotatable bonds is 5. The molecular formula is C15H16N2O3. The van der Waals surface area contributed by atoms with Gasteiger partial charge in [-0.05, 0) is 44.0 Å². The van der Waals surface area contributed by atoms with E-state index in [0.717, 1.165) is 24.3 Å². The lowest BCUT2D eigenvalue weighted by Gasteiger charge is -2.24. The van der Waals surface area contributed by atoms with Gasteiger partial charge in [-0.25, -0.2) is 9.78 Å². The van der Waals surface area contributed by atoms with Crippen molar-refractivity contribution in [3.05, 3.63) is 47.5 Å². The fourth-order valence-electron chi connectivity index (χ4n) is 2.26. The van der Waals surface area contributed by atoms with Gasteiger partial charge in [-0.2, -0.15) is 0 Å². The number of hydrogen-bond acceptors (Lipinski definition) is 4. The van der Waals surface area contributed by atoms with Gasteiger partial charge in [0.05, 0.1) is 12.8 Å². The smallest absolute Gasteiger partial charge is 0.339 e. The molecule has 1 aliphatic rings.